The fraction of sp³-hybridized carbons (Fsp3) is 0.133. The standard InChI is InChI=1S/C15H13BrClNO3S/c1-9-3-4-10(7-13(9)16)18-15(19)12-8-11(22(2,20)21)5-6-14(12)17/h3-8H,1-2H3,(H,18,19). The summed E-state index contributed by atoms with van der Waals surface area (Å²) < 4.78 is 24.0. The van der Waals surface area contributed by atoms with E-state index in [9.17, 15) is 13.2 Å². The van der Waals surface area contributed by atoms with Gasteiger partial charge in [0.25, 0.3) is 5.91 Å². The molecule has 0 spiro atoms. The SMILES string of the molecule is Cc1ccc(NC(=O)c2cc(S(C)(=O)=O)ccc2Cl)cc1Br. The van der Waals surface area contributed by atoms with Crippen LogP contribution in [0.4, 0.5) is 5.69 Å². The summed E-state index contributed by atoms with van der Waals surface area (Å²) in [6, 6.07) is 9.42. The fourth-order valence-corrected chi connectivity index (χ4v) is 3.01. The molecule has 7 heteroatoms. The van der Waals surface area contributed by atoms with Crippen LogP contribution < -0.4 is 5.32 Å². The summed E-state index contributed by atoms with van der Waals surface area (Å²) >= 11 is 9.39. The maximum atomic E-state index is 12.3. The van der Waals surface area contributed by atoms with Crippen molar-refractivity contribution in [1.29, 1.82) is 0 Å². The molecule has 0 aliphatic carbocycles. The van der Waals surface area contributed by atoms with Crippen LogP contribution >= 0.6 is 27.5 Å². The molecule has 116 valence electrons. The highest BCUT2D eigenvalue weighted by atomic mass is 79.9. The molecule has 0 fully saturated rings. The summed E-state index contributed by atoms with van der Waals surface area (Å²) in [6.45, 7) is 1.93. The number of rotatable bonds is 3. The second-order valence-corrected chi connectivity index (χ2v) is 8.11. The lowest BCUT2D eigenvalue weighted by Crippen LogP contribution is -2.13. The monoisotopic (exact) mass is 401 g/mol. The minimum atomic E-state index is -3.41. The predicted molar refractivity (Wildman–Crippen MR) is 91.4 cm³/mol. The van der Waals surface area contributed by atoms with Crippen molar-refractivity contribution in [3.63, 3.8) is 0 Å². The third-order valence-corrected chi connectivity index (χ3v) is 5.33. The van der Waals surface area contributed by atoms with Gasteiger partial charge in [-0.25, -0.2) is 8.42 Å². The number of anilines is 1. The van der Waals surface area contributed by atoms with Crippen LogP contribution in [0.5, 0.6) is 0 Å². The first-order valence-corrected chi connectivity index (χ1v) is 9.32. The first kappa shape index (κ1) is 17.0. The molecule has 1 amide bonds. The lowest BCUT2D eigenvalue weighted by Gasteiger charge is -2.09. The van der Waals surface area contributed by atoms with Gasteiger partial charge in [0.2, 0.25) is 0 Å². The lowest BCUT2D eigenvalue weighted by molar-refractivity contribution is 0.102. The van der Waals surface area contributed by atoms with Crippen molar-refractivity contribution in [3.05, 3.63) is 57.0 Å². The largest absolute Gasteiger partial charge is 0.322 e. The van der Waals surface area contributed by atoms with Gasteiger partial charge in [-0.05, 0) is 42.8 Å². The highest BCUT2D eigenvalue weighted by Crippen LogP contribution is 2.24. The molecule has 0 aromatic heterocycles. The highest BCUT2D eigenvalue weighted by molar-refractivity contribution is 9.10. The van der Waals surface area contributed by atoms with E-state index in [2.05, 4.69) is 21.2 Å². The number of carbonyl (C=O) groups is 1. The van der Waals surface area contributed by atoms with E-state index in [-0.39, 0.29) is 15.5 Å². The molecule has 22 heavy (non-hydrogen) atoms. The van der Waals surface area contributed by atoms with E-state index in [1.54, 1.807) is 12.1 Å². The zero-order chi connectivity index (χ0) is 16.5. The predicted octanol–water partition coefficient (Wildman–Crippen LogP) is 4.07. The van der Waals surface area contributed by atoms with Gasteiger partial charge in [0.15, 0.2) is 9.84 Å². The molecular weight excluding hydrogens is 390 g/mol. The molecule has 0 aliphatic rings. The van der Waals surface area contributed by atoms with Crippen molar-refractivity contribution in [2.24, 2.45) is 0 Å². The number of hydrogen-bond acceptors (Lipinski definition) is 3. The van der Waals surface area contributed by atoms with E-state index in [1.165, 1.54) is 18.2 Å². The van der Waals surface area contributed by atoms with Gasteiger partial charge >= 0.3 is 0 Å². The van der Waals surface area contributed by atoms with Crippen LogP contribution in [0.3, 0.4) is 0 Å². The van der Waals surface area contributed by atoms with E-state index in [0.29, 0.717) is 5.69 Å². The van der Waals surface area contributed by atoms with Crippen LogP contribution in [0.15, 0.2) is 45.8 Å². The van der Waals surface area contributed by atoms with Gasteiger partial charge in [0.05, 0.1) is 15.5 Å². The Bertz CT molecular complexity index is 850. The van der Waals surface area contributed by atoms with Gasteiger partial charge in [-0.15, -0.1) is 0 Å². The van der Waals surface area contributed by atoms with Crippen molar-refractivity contribution in [2.75, 3.05) is 11.6 Å². The Labute approximate surface area is 142 Å². The number of aryl methyl sites for hydroxylation is 1. The van der Waals surface area contributed by atoms with Crippen LogP contribution in [-0.4, -0.2) is 20.6 Å². The molecule has 0 aliphatic heterocycles. The first-order chi connectivity index (χ1) is 10.2. The Morgan fingerprint density at radius 3 is 2.45 bits per heavy atom. The lowest BCUT2D eigenvalue weighted by atomic mass is 10.2. The van der Waals surface area contributed by atoms with Gasteiger partial charge in [-0.1, -0.05) is 33.6 Å². The molecule has 2 rings (SSSR count). The molecule has 0 unspecified atom stereocenters. The average Bonchev–Trinajstić information content (AvgIpc) is 2.42. The smallest absolute Gasteiger partial charge is 0.257 e. The molecule has 0 saturated carbocycles. The zero-order valence-corrected chi connectivity index (χ0v) is 15.0. The molecule has 4 nitrogen and oxygen atoms in total. The van der Waals surface area contributed by atoms with Crippen molar-refractivity contribution >= 4 is 49.0 Å². The van der Waals surface area contributed by atoms with Gasteiger partial charge in [-0.2, -0.15) is 0 Å². The third kappa shape index (κ3) is 3.88. The summed E-state index contributed by atoms with van der Waals surface area (Å²) in [6.07, 6.45) is 1.08. The topological polar surface area (TPSA) is 63.2 Å². The second-order valence-electron chi connectivity index (χ2n) is 4.83. The molecule has 1 N–H and O–H groups in total. The molecule has 0 heterocycles. The Morgan fingerprint density at radius 1 is 1.18 bits per heavy atom. The average molecular weight is 403 g/mol. The number of hydrogen-bond donors (Lipinski definition) is 1. The number of amides is 1. The van der Waals surface area contributed by atoms with Crippen LogP contribution in [0, 0.1) is 6.92 Å². The summed E-state index contributed by atoms with van der Waals surface area (Å²) in [7, 11) is -3.41. The van der Waals surface area contributed by atoms with Crippen molar-refractivity contribution in [2.45, 2.75) is 11.8 Å². The van der Waals surface area contributed by atoms with Crippen LogP contribution in [-0.2, 0) is 9.84 Å². The van der Waals surface area contributed by atoms with Crippen molar-refractivity contribution in [3.8, 4) is 0 Å². The number of benzene rings is 2. The Kier molecular flexibility index (Phi) is 4.94. The molecule has 0 saturated heterocycles. The number of carbonyl (C=O) groups excluding carboxylic acids is 1. The molecular formula is C15H13BrClNO3S. The quantitative estimate of drug-likeness (QED) is 0.842. The zero-order valence-electron chi connectivity index (χ0n) is 11.9. The molecule has 0 radical (unpaired) electrons. The molecule has 2 aromatic rings. The van der Waals surface area contributed by atoms with Crippen LogP contribution in [0.1, 0.15) is 15.9 Å². The number of sulfone groups is 1. The maximum absolute atomic E-state index is 12.3. The second kappa shape index (κ2) is 6.40. The minimum Gasteiger partial charge on any atom is -0.322 e. The Morgan fingerprint density at radius 2 is 1.86 bits per heavy atom. The summed E-state index contributed by atoms with van der Waals surface area (Å²) in [5.74, 6) is -0.466. The molecule has 2 aromatic carbocycles. The highest BCUT2D eigenvalue weighted by Gasteiger charge is 2.15. The van der Waals surface area contributed by atoms with E-state index in [4.69, 9.17) is 11.6 Å². The normalized spacial score (nSPS) is 11.3. The van der Waals surface area contributed by atoms with Crippen LogP contribution in [0.25, 0.3) is 0 Å². The fourth-order valence-electron chi connectivity index (χ4n) is 1.78. The summed E-state index contributed by atoms with van der Waals surface area (Å²) in [5, 5.41) is 2.89. The van der Waals surface area contributed by atoms with Crippen molar-refractivity contribution < 1.29 is 13.2 Å². The molecule has 0 atom stereocenters. The van der Waals surface area contributed by atoms with E-state index < -0.39 is 15.7 Å². The number of halogens is 2. The first-order valence-electron chi connectivity index (χ1n) is 6.25. The van der Waals surface area contributed by atoms with Gasteiger partial charge in [0, 0.05) is 16.4 Å². The van der Waals surface area contributed by atoms with E-state index >= 15 is 0 Å². The Balaban J connectivity index is 2.35. The molecule has 0 bridgehead atoms. The summed E-state index contributed by atoms with van der Waals surface area (Å²) in [4.78, 5) is 12.4. The van der Waals surface area contributed by atoms with Crippen molar-refractivity contribution in [1.82, 2.24) is 0 Å². The third-order valence-electron chi connectivity index (χ3n) is 3.04. The van der Waals surface area contributed by atoms with Gasteiger partial charge < -0.3 is 5.32 Å². The Hall–Kier alpha value is -1.37. The summed E-state index contributed by atoms with van der Waals surface area (Å²) in [5.41, 5.74) is 1.74. The minimum absolute atomic E-state index is 0.0483. The van der Waals surface area contributed by atoms with E-state index in [1.807, 2.05) is 13.0 Å². The van der Waals surface area contributed by atoms with Gasteiger partial charge in [0.1, 0.15) is 0 Å². The van der Waals surface area contributed by atoms with E-state index in [0.717, 1.165) is 16.3 Å². The maximum Gasteiger partial charge on any atom is 0.257 e. The number of nitrogens with one attached hydrogen (secondary N) is 1. The van der Waals surface area contributed by atoms with Crippen LogP contribution in [0.2, 0.25) is 5.02 Å². The van der Waals surface area contributed by atoms with Gasteiger partial charge in [-0.3, -0.25) is 4.79 Å².